The van der Waals surface area contributed by atoms with Crippen LogP contribution in [-0.2, 0) is 18.3 Å². The zero-order valence-corrected chi connectivity index (χ0v) is 13.9. The first kappa shape index (κ1) is 20.4. The lowest BCUT2D eigenvalue weighted by Crippen LogP contribution is -2.35. The van der Waals surface area contributed by atoms with E-state index in [9.17, 15) is 18.3 Å². The molecule has 0 aliphatic heterocycles. The van der Waals surface area contributed by atoms with Gasteiger partial charge in [0, 0.05) is 13.1 Å². The Labute approximate surface area is 118 Å². The van der Waals surface area contributed by atoms with E-state index in [1.54, 1.807) is 0 Å². The topological polar surface area (TPSA) is 156 Å². The summed E-state index contributed by atoms with van der Waals surface area (Å²) in [6.45, 7) is 0.0474. The number of hydrogen-bond donors (Lipinski definition) is 4. The lowest BCUT2D eigenvalue weighted by atomic mass is 10.5. The standard InChI is InChI=1S/C6H16N2O8P4/c9-17-3-7(5-19(11,12)13)1-2-8(4-18-10)6-20(14,15)16/h1-6H2,(H2,11,12,13)(H2,14,15,16). The molecule has 0 aromatic rings. The minimum absolute atomic E-state index is 0.0237. The summed E-state index contributed by atoms with van der Waals surface area (Å²) in [6, 6.07) is 0. The first-order valence-electron chi connectivity index (χ1n) is 5.19. The Bertz CT molecular complexity index is 370. The maximum absolute atomic E-state index is 10.9. The van der Waals surface area contributed by atoms with Gasteiger partial charge in [-0.1, -0.05) is 0 Å². The van der Waals surface area contributed by atoms with E-state index in [0.29, 0.717) is 0 Å². The molecular formula is C6H16N2O8P4. The van der Waals surface area contributed by atoms with E-state index in [0.717, 1.165) is 0 Å². The fraction of sp³-hybridized carbons (Fsp3) is 1.00. The SMILES string of the molecule is O=PCN(CCN(CP=O)CP(=O)(O)O)CP(=O)(O)O. The molecule has 0 bridgehead atoms. The van der Waals surface area contributed by atoms with Gasteiger partial charge >= 0.3 is 15.2 Å². The molecular weight excluding hydrogens is 352 g/mol. The number of hydrogen-bond acceptors (Lipinski definition) is 6. The Morgan fingerprint density at radius 2 is 1.05 bits per heavy atom. The normalized spacial score (nSPS) is 13.7. The van der Waals surface area contributed by atoms with E-state index in [1.807, 2.05) is 0 Å². The van der Waals surface area contributed by atoms with Crippen LogP contribution in [0.2, 0.25) is 0 Å². The molecule has 0 aliphatic rings. The Morgan fingerprint density at radius 3 is 1.25 bits per heavy atom. The van der Waals surface area contributed by atoms with Gasteiger partial charge in [-0.15, -0.1) is 0 Å². The second kappa shape index (κ2) is 9.44. The number of rotatable bonds is 11. The van der Waals surface area contributed by atoms with Gasteiger partial charge in [-0.05, 0) is 0 Å². The second-order valence-electron chi connectivity index (χ2n) is 3.94. The van der Waals surface area contributed by atoms with Crippen molar-refractivity contribution in [2.45, 2.75) is 0 Å². The monoisotopic (exact) mass is 368 g/mol. The summed E-state index contributed by atoms with van der Waals surface area (Å²) < 4.78 is 42.8. The third-order valence-corrected chi connectivity index (χ3v) is 4.58. The third-order valence-electron chi connectivity index (χ3n) is 2.02. The van der Waals surface area contributed by atoms with Gasteiger partial charge in [0.1, 0.15) is 12.6 Å². The Kier molecular flexibility index (Phi) is 9.64. The van der Waals surface area contributed by atoms with Crippen LogP contribution in [0.1, 0.15) is 0 Å². The molecule has 10 nitrogen and oxygen atoms in total. The van der Waals surface area contributed by atoms with Gasteiger partial charge in [0.2, 0.25) is 0 Å². The Morgan fingerprint density at radius 1 is 0.750 bits per heavy atom. The summed E-state index contributed by atoms with van der Waals surface area (Å²) in [5.41, 5.74) is 0. The van der Waals surface area contributed by atoms with Crippen LogP contribution in [0.4, 0.5) is 0 Å². The quantitative estimate of drug-likeness (QED) is 0.376. The maximum Gasteiger partial charge on any atom is 0.339 e. The van der Waals surface area contributed by atoms with Gasteiger partial charge in [0.05, 0.1) is 12.6 Å². The van der Waals surface area contributed by atoms with E-state index in [-0.39, 0.29) is 42.6 Å². The van der Waals surface area contributed by atoms with Gasteiger partial charge in [0.15, 0.2) is 16.9 Å². The summed E-state index contributed by atoms with van der Waals surface area (Å²) in [7, 11) is -9.30. The average molecular weight is 368 g/mol. The smallest absolute Gasteiger partial charge is 0.324 e. The molecule has 0 heterocycles. The molecule has 14 heteroatoms. The lowest BCUT2D eigenvalue weighted by molar-refractivity contribution is 0.249. The Hall–Kier alpha value is 0.420. The summed E-state index contributed by atoms with van der Waals surface area (Å²) in [4.78, 5) is 37.8. The van der Waals surface area contributed by atoms with E-state index in [4.69, 9.17) is 19.6 Å². The van der Waals surface area contributed by atoms with Crippen molar-refractivity contribution in [2.75, 3.05) is 38.2 Å². The number of nitrogens with zero attached hydrogens (tertiary/aromatic N) is 2. The van der Waals surface area contributed by atoms with Gasteiger partial charge in [-0.25, -0.2) is 0 Å². The van der Waals surface area contributed by atoms with Crippen LogP contribution in [0.3, 0.4) is 0 Å². The molecule has 0 aromatic heterocycles. The summed E-state index contributed by atoms with van der Waals surface area (Å²) in [5.74, 6) is 0. The molecule has 118 valence electrons. The van der Waals surface area contributed by atoms with E-state index in [1.165, 1.54) is 9.80 Å². The van der Waals surface area contributed by atoms with Crippen LogP contribution in [0.5, 0.6) is 0 Å². The maximum atomic E-state index is 10.9. The minimum Gasteiger partial charge on any atom is -0.324 e. The van der Waals surface area contributed by atoms with Crippen LogP contribution in [0.25, 0.3) is 0 Å². The molecule has 0 radical (unpaired) electrons. The minimum atomic E-state index is -4.32. The molecule has 4 N–H and O–H groups in total. The highest BCUT2D eigenvalue weighted by molar-refractivity contribution is 7.51. The predicted molar refractivity (Wildman–Crippen MR) is 72.2 cm³/mol. The fourth-order valence-corrected chi connectivity index (χ4v) is 3.99. The van der Waals surface area contributed by atoms with Crippen molar-refractivity contribution in [1.82, 2.24) is 9.80 Å². The van der Waals surface area contributed by atoms with Gasteiger partial charge in [0.25, 0.3) is 0 Å². The van der Waals surface area contributed by atoms with Crippen LogP contribution < -0.4 is 0 Å². The van der Waals surface area contributed by atoms with Crippen molar-refractivity contribution in [3.63, 3.8) is 0 Å². The van der Waals surface area contributed by atoms with Crippen LogP contribution in [-0.4, -0.2) is 67.6 Å². The van der Waals surface area contributed by atoms with Crippen molar-refractivity contribution >= 4 is 32.1 Å². The molecule has 0 aromatic carbocycles. The van der Waals surface area contributed by atoms with Crippen molar-refractivity contribution in [1.29, 1.82) is 0 Å². The largest absolute Gasteiger partial charge is 0.339 e. The van der Waals surface area contributed by atoms with Gasteiger partial charge in [-0.3, -0.25) is 28.1 Å². The van der Waals surface area contributed by atoms with Crippen molar-refractivity contribution in [3.05, 3.63) is 0 Å². The molecule has 0 aliphatic carbocycles. The first-order chi connectivity index (χ1) is 9.07. The van der Waals surface area contributed by atoms with E-state index < -0.39 is 27.8 Å². The highest BCUT2D eigenvalue weighted by Crippen LogP contribution is 2.36. The molecule has 0 atom stereocenters. The van der Waals surface area contributed by atoms with Crippen molar-refractivity contribution in [3.8, 4) is 0 Å². The van der Waals surface area contributed by atoms with E-state index >= 15 is 0 Å². The van der Waals surface area contributed by atoms with Gasteiger partial charge in [-0.2, -0.15) is 0 Å². The Balaban J connectivity index is 4.53. The molecule has 0 saturated heterocycles. The molecule has 0 amide bonds. The summed E-state index contributed by atoms with van der Waals surface area (Å²) in [6.07, 6.45) is -1.46. The van der Waals surface area contributed by atoms with Gasteiger partial charge < -0.3 is 19.6 Å². The second-order valence-corrected chi connectivity index (χ2v) is 8.25. The molecule has 0 spiro atoms. The van der Waals surface area contributed by atoms with Crippen molar-refractivity contribution < 1.29 is 37.8 Å². The fourth-order valence-electron chi connectivity index (χ4n) is 1.34. The molecule has 20 heavy (non-hydrogen) atoms. The molecule has 0 unspecified atom stereocenters. The summed E-state index contributed by atoms with van der Waals surface area (Å²) >= 11 is 0. The van der Waals surface area contributed by atoms with Crippen molar-refractivity contribution in [2.24, 2.45) is 0 Å². The molecule has 0 rings (SSSR count). The lowest BCUT2D eigenvalue weighted by Gasteiger charge is -2.24. The van der Waals surface area contributed by atoms with E-state index in [2.05, 4.69) is 0 Å². The molecule has 0 saturated carbocycles. The third kappa shape index (κ3) is 12.2. The van der Waals surface area contributed by atoms with Crippen LogP contribution in [0.15, 0.2) is 0 Å². The molecule has 0 fully saturated rings. The zero-order valence-electron chi connectivity index (χ0n) is 10.3. The average Bonchev–Trinajstić information content (AvgIpc) is 2.22. The summed E-state index contributed by atoms with van der Waals surface area (Å²) in [5, 5.41) is 0. The predicted octanol–water partition coefficient (Wildman–Crippen LogP) is 0.359. The highest BCUT2D eigenvalue weighted by Gasteiger charge is 2.22. The van der Waals surface area contributed by atoms with Crippen LogP contribution >= 0.6 is 32.1 Å². The highest BCUT2D eigenvalue weighted by atomic mass is 31.2. The zero-order chi connectivity index (χ0) is 15.8. The van der Waals surface area contributed by atoms with Crippen LogP contribution in [0, 0.1) is 0 Å². The first-order valence-corrected chi connectivity index (χ1v) is 10.8.